The molecular formula is C27H30ClN3O4S. The highest BCUT2D eigenvalue weighted by Crippen LogP contribution is 2.26. The molecule has 0 saturated heterocycles. The molecule has 3 aromatic rings. The molecule has 0 radical (unpaired) electrons. The van der Waals surface area contributed by atoms with E-state index in [1.54, 1.807) is 73.7 Å². The Morgan fingerprint density at radius 1 is 0.944 bits per heavy atom. The molecule has 0 bridgehead atoms. The Labute approximate surface area is 217 Å². The summed E-state index contributed by atoms with van der Waals surface area (Å²) in [6, 6.07) is 21.1. The molecule has 3 aromatic carbocycles. The Kier molecular flexibility index (Phi) is 9.12. The van der Waals surface area contributed by atoms with Crippen LogP contribution in [0.4, 0.5) is 5.69 Å². The Hall–Kier alpha value is -3.36. The molecule has 0 aromatic heterocycles. The van der Waals surface area contributed by atoms with Crippen molar-refractivity contribution < 1.29 is 18.0 Å². The minimum atomic E-state index is -4.08. The number of carbonyl (C=O) groups excluding carboxylic acids is 2. The van der Waals surface area contributed by atoms with Crippen molar-refractivity contribution in [1.82, 2.24) is 10.2 Å². The third-order valence-electron chi connectivity index (χ3n) is 5.86. The number of nitrogens with zero attached hydrogens (tertiary/aromatic N) is 2. The lowest BCUT2D eigenvalue weighted by Crippen LogP contribution is -2.51. The third kappa shape index (κ3) is 6.25. The van der Waals surface area contributed by atoms with Crippen LogP contribution in [-0.2, 0) is 26.2 Å². The van der Waals surface area contributed by atoms with Gasteiger partial charge in [-0.25, -0.2) is 8.42 Å². The molecule has 1 atom stereocenters. The summed E-state index contributed by atoms with van der Waals surface area (Å²) >= 11 is 6.36. The van der Waals surface area contributed by atoms with E-state index in [9.17, 15) is 18.0 Å². The molecule has 0 fully saturated rings. The fourth-order valence-electron chi connectivity index (χ4n) is 3.86. The Balaban J connectivity index is 2.05. The van der Waals surface area contributed by atoms with Crippen LogP contribution in [0.2, 0.25) is 5.02 Å². The standard InChI is InChI=1S/C27H30ClN3O4S/c1-4-25(27(33)29-3)30(18-21-10-8-9-13-24(21)28)26(32)19-31(22-16-14-20(2)15-17-22)36(34,35)23-11-6-5-7-12-23/h5-17,25H,4,18-19H2,1-3H3,(H,29,33). The van der Waals surface area contributed by atoms with Gasteiger partial charge in [-0.15, -0.1) is 0 Å². The van der Waals surface area contributed by atoms with Crippen molar-refractivity contribution in [3.63, 3.8) is 0 Å². The van der Waals surface area contributed by atoms with Crippen molar-refractivity contribution in [3.05, 3.63) is 95.0 Å². The second-order valence-corrected chi connectivity index (χ2v) is 10.6. The van der Waals surface area contributed by atoms with E-state index in [-0.39, 0.29) is 17.3 Å². The van der Waals surface area contributed by atoms with Gasteiger partial charge in [0.1, 0.15) is 12.6 Å². The van der Waals surface area contributed by atoms with Crippen molar-refractivity contribution in [1.29, 1.82) is 0 Å². The lowest BCUT2D eigenvalue weighted by Gasteiger charge is -2.33. The van der Waals surface area contributed by atoms with Gasteiger partial charge in [-0.2, -0.15) is 0 Å². The molecule has 0 saturated carbocycles. The Morgan fingerprint density at radius 3 is 2.14 bits per heavy atom. The number of rotatable bonds is 10. The molecule has 3 rings (SSSR count). The predicted molar refractivity (Wildman–Crippen MR) is 142 cm³/mol. The summed E-state index contributed by atoms with van der Waals surface area (Å²) in [5.41, 5.74) is 1.96. The van der Waals surface area contributed by atoms with E-state index in [1.807, 2.05) is 6.92 Å². The van der Waals surface area contributed by atoms with Crippen LogP contribution in [-0.4, -0.2) is 44.8 Å². The zero-order valence-electron chi connectivity index (χ0n) is 20.5. The average Bonchev–Trinajstić information content (AvgIpc) is 2.89. The molecule has 0 heterocycles. The molecule has 190 valence electrons. The number of hydrogen-bond acceptors (Lipinski definition) is 4. The summed E-state index contributed by atoms with van der Waals surface area (Å²) in [7, 11) is -2.57. The van der Waals surface area contributed by atoms with Crippen molar-refractivity contribution in [2.45, 2.75) is 37.8 Å². The highest BCUT2D eigenvalue weighted by Gasteiger charge is 2.33. The minimum Gasteiger partial charge on any atom is -0.357 e. The molecule has 0 spiro atoms. The van der Waals surface area contributed by atoms with E-state index in [0.717, 1.165) is 9.87 Å². The molecule has 0 aliphatic carbocycles. The summed E-state index contributed by atoms with van der Waals surface area (Å²) < 4.78 is 28.4. The number of sulfonamides is 1. The van der Waals surface area contributed by atoms with Crippen molar-refractivity contribution in [2.75, 3.05) is 17.9 Å². The van der Waals surface area contributed by atoms with Gasteiger partial charge in [-0.1, -0.05) is 72.6 Å². The summed E-state index contributed by atoms with van der Waals surface area (Å²) in [6.07, 6.45) is 0.339. The van der Waals surface area contributed by atoms with Gasteiger partial charge in [0.25, 0.3) is 10.0 Å². The average molecular weight is 528 g/mol. The number of amides is 2. The highest BCUT2D eigenvalue weighted by molar-refractivity contribution is 7.92. The third-order valence-corrected chi connectivity index (χ3v) is 8.02. The van der Waals surface area contributed by atoms with Crippen LogP contribution in [0.5, 0.6) is 0 Å². The van der Waals surface area contributed by atoms with E-state index >= 15 is 0 Å². The van der Waals surface area contributed by atoms with E-state index in [1.165, 1.54) is 24.1 Å². The number of hydrogen-bond donors (Lipinski definition) is 1. The number of halogens is 1. The summed E-state index contributed by atoms with van der Waals surface area (Å²) in [4.78, 5) is 28.0. The maximum absolute atomic E-state index is 13.8. The van der Waals surface area contributed by atoms with Gasteiger partial charge < -0.3 is 10.2 Å². The number of likely N-dealkylation sites (N-methyl/N-ethyl adjacent to an activating group) is 1. The van der Waals surface area contributed by atoms with Crippen LogP contribution in [0, 0.1) is 6.92 Å². The minimum absolute atomic E-state index is 0.0531. The molecule has 2 amide bonds. The maximum Gasteiger partial charge on any atom is 0.264 e. The van der Waals surface area contributed by atoms with Crippen LogP contribution in [0.25, 0.3) is 0 Å². The number of nitrogens with one attached hydrogen (secondary N) is 1. The van der Waals surface area contributed by atoms with Gasteiger partial charge in [0, 0.05) is 18.6 Å². The second-order valence-electron chi connectivity index (χ2n) is 8.31. The number of aryl methyl sites for hydroxylation is 1. The first-order chi connectivity index (χ1) is 17.2. The lowest BCUT2D eigenvalue weighted by molar-refractivity contribution is -0.140. The van der Waals surface area contributed by atoms with E-state index in [2.05, 4.69) is 5.32 Å². The largest absolute Gasteiger partial charge is 0.357 e. The smallest absolute Gasteiger partial charge is 0.264 e. The van der Waals surface area contributed by atoms with Crippen LogP contribution < -0.4 is 9.62 Å². The second kappa shape index (κ2) is 12.1. The van der Waals surface area contributed by atoms with Crippen LogP contribution in [0.1, 0.15) is 24.5 Å². The monoisotopic (exact) mass is 527 g/mol. The van der Waals surface area contributed by atoms with Gasteiger partial charge in [0.05, 0.1) is 10.6 Å². The zero-order chi connectivity index (χ0) is 26.3. The predicted octanol–water partition coefficient (Wildman–Crippen LogP) is 4.40. The van der Waals surface area contributed by atoms with Crippen molar-refractivity contribution >= 4 is 39.1 Å². The molecule has 1 N–H and O–H groups in total. The fourth-order valence-corrected chi connectivity index (χ4v) is 5.49. The first-order valence-corrected chi connectivity index (χ1v) is 13.4. The molecule has 36 heavy (non-hydrogen) atoms. The topological polar surface area (TPSA) is 86.8 Å². The van der Waals surface area contributed by atoms with Crippen LogP contribution in [0.3, 0.4) is 0 Å². The first kappa shape index (κ1) is 27.2. The molecule has 0 aliphatic rings. The molecule has 9 heteroatoms. The highest BCUT2D eigenvalue weighted by atomic mass is 35.5. The van der Waals surface area contributed by atoms with E-state index in [4.69, 9.17) is 11.6 Å². The van der Waals surface area contributed by atoms with Crippen LogP contribution >= 0.6 is 11.6 Å². The number of carbonyl (C=O) groups is 2. The zero-order valence-corrected chi connectivity index (χ0v) is 22.1. The van der Waals surface area contributed by atoms with Crippen molar-refractivity contribution in [3.8, 4) is 0 Å². The lowest BCUT2D eigenvalue weighted by atomic mass is 10.1. The van der Waals surface area contributed by atoms with Crippen LogP contribution in [0.15, 0.2) is 83.8 Å². The fraction of sp³-hybridized carbons (Fsp3) is 0.259. The van der Waals surface area contributed by atoms with Gasteiger partial charge >= 0.3 is 0 Å². The van der Waals surface area contributed by atoms with Crippen molar-refractivity contribution in [2.24, 2.45) is 0 Å². The van der Waals surface area contributed by atoms with Gasteiger partial charge in [-0.3, -0.25) is 13.9 Å². The first-order valence-electron chi connectivity index (χ1n) is 11.6. The normalized spacial score (nSPS) is 12.0. The van der Waals surface area contributed by atoms with E-state index in [0.29, 0.717) is 22.7 Å². The number of anilines is 1. The summed E-state index contributed by atoms with van der Waals surface area (Å²) in [5, 5.41) is 3.05. The Morgan fingerprint density at radius 2 is 1.56 bits per heavy atom. The molecule has 7 nitrogen and oxygen atoms in total. The molecule has 0 aliphatic heterocycles. The molecule has 1 unspecified atom stereocenters. The SMILES string of the molecule is CCC(C(=O)NC)N(Cc1ccccc1Cl)C(=O)CN(c1ccc(C)cc1)S(=O)(=O)c1ccccc1. The molecular weight excluding hydrogens is 498 g/mol. The van der Waals surface area contributed by atoms with E-state index < -0.39 is 28.5 Å². The summed E-state index contributed by atoms with van der Waals surface area (Å²) in [6.45, 7) is 3.26. The quantitative estimate of drug-likeness (QED) is 0.423. The summed E-state index contributed by atoms with van der Waals surface area (Å²) in [5.74, 6) is -0.865. The number of benzene rings is 3. The van der Waals surface area contributed by atoms with Gasteiger partial charge in [0.15, 0.2) is 0 Å². The van der Waals surface area contributed by atoms with Gasteiger partial charge in [-0.05, 0) is 49.2 Å². The maximum atomic E-state index is 13.8. The Bertz CT molecular complexity index is 1300. The van der Waals surface area contributed by atoms with Gasteiger partial charge in [0.2, 0.25) is 11.8 Å².